The Bertz CT molecular complexity index is 736. The minimum atomic E-state index is -3.67. The zero-order valence-electron chi connectivity index (χ0n) is 11.3. The van der Waals surface area contributed by atoms with Crippen LogP contribution in [0.2, 0.25) is 0 Å². The molecule has 0 aliphatic rings. The van der Waals surface area contributed by atoms with E-state index in [1.807, 2.05) is 12.1 Å². The Kier molecular flexibility index (Phi) is 4.04. The number of carbonyl (C=O) groups is 1. The Balaban J connectivity index is 2.38. The van der Waals surface area contributed by atoms with Crippen LogP contribution >= 0.6 is 0 Å². The van der Waals surface area contributed by atoms with Crippen molar-refractivity contribution in [3.05, 3.63) is 42.2 Å². The van der Waals surface area contributed by atoms with Crippen LogP contribution in [0, 0.1) is 0 Å². The van der Waals surface area contributed by atoms with Crippen LogP contribution in [0.3, 0.4) is 0 Å². The van der Waals surface area contributed by atoms with Gasteiger partial charge >= 0.3 is 0 Å². The van der Waals surface area contributed by atoms with Gasteiger partial charge in [-0.3, -0.25) is 9.78 Å². The van der Waals surface area contributed by atoms with Gasteiger partial charge in [-0.15, -0.1) is 0 Å². The molecule has 0 saturated heterocycles. The summed E-state index contributed by atoms with van der Waals surface area (Å²) in [7, 11) is -3.67. The molecule has 1 aromatic carbocycles. The highest BCUT2D eigenvalue weighted by Gasteiger charge is 2.23. The number of pyridine rings is 1. The maximum Gasteiger partial charge on any atom is 0.283 e. The largest absolute Gasteiger partial charge is 0.283 e. The van der Waals surface area contributed by atoms with Crippen molar-refractivity contribution in [2.24, 2.45) is 0 Å². The van der Waals surface area contributed by atoms with Gasteiger partial charge in [0.1, 0.15) is 5.69 Å². The molecule has 0 spiro atoms. The molecule has 1 atom stereocenters. The summed E-state index contributed by atoms with van der Waals surface area (Å²) in [5.74, 6) is -0.692. The molecular weight excluding hydrogens is 276 g/mol. The molecule has 0 aliphatic carbocycles. The van der Waals surface area contributed by atoms with E-state index in [9.17, 15) is 13.2 Å². The first-order chi connectivity index (χ1) is 9.45. The van der Waals surface area contributed by atoms with Crippen LogP contribution in [-0.2, 0) is 10.0 Å². The lowest BCUT2D eigenvalue weighted by Gasteiger charge is -2.12. The van der Waals surface area contributed by atoms with Crippen LogP contribution in [0.1, 0.15) is 30.8 Å². The summed E-state index contributed by atoms with van der Waals surface area (Å²) >= 11 is 0. The summed E-state index contributed by atoms with van der Waals surface area (Å²) in [6, 6.07) is 8.99. The molecule has 1 N–H and O–H groups in total. The number of amides is 1. The number of benzene rings is 1. The van der Waals surface area contributed by atoms with Gasteiger partial charge in [0.15, 0.2) is 0 Å². The maximum absolute atomic E-state index is 12.1. The topological polar surface area (TPSA) is 76.1 Å². The first-order valence-corrected chi connectivity index (χ1v) is 7.90. The molecule has 20 heavy (non-hydrogen) atoms. The van der Waals surface area contributed by atoms with Crippen LogP contribution in [0.5, 0.6) is 0 Å². The normalized spacial score (nSPS) is 13.1. The molecule has 0 saturated carbocycles. The maximum atomic E-state index is 12.1. The molecular formula is C14H16N2O3S. The number of fused-ring (bicyclic) bond motifs is 1. The van der Waals surface area contributed by atoms with Crippen LogP contribution < -0.4 is 4.72 Å². The van der Waals surface area contributed by atoms with Crippen LogP contribution in [0.4, 0.5) is 0 Å². The van der Waals surface area contributed by atoms with Gasteiger partial charge in [-0.05, 0) is 24.8 Å². The average Bonchev–Trinajstić information content (AvgIpc) is 2.45. The number of nitrogens with zero attached hydrogens (tertiary/aromatic N) is 1. The van der Waals surface area contributed by atoms with Crippen molar-refractivity contribution < 1.29 is 13.2 Å². The van der Waals surface area contributed by atoms with Gasteiger partial charge in [0.2, 0.25) is 10.0 Å². The molecule has 106 valence electrons. The zero-order valence-corrected chi connectivity index (χ0v) is 12.1. The second-order valence-corrected chi connectivity index (χ2v) is 6.67. The second-order valence-electron chi connectivity index (χ2n) is 4.58. The lowest BCUT2D eigenvalue weighted by Crippen LogP contribution is -2.37. The van der Waals surface area contributed by atoms with E-state index in [4.69, 9.17) is 0 Å². The van der Waals surface area contributed by atoms with Crippen LogP contribution in [0.25, 0.3) is 10.8 Å². The van der Waals surface area contributed by atoms with Gasteiger partial charge in [0.25, 0.3) is 5.91 Å². The quantitative estimate of drug-likeness (QED) is 0.936. The minimum absolute atomic E-state index is 0.120. The Labute approximate surface area is 118 Å². The smallest absolute Gasteiger partial charge is 0.266 e. The summed E-state index contributed by atoms with van der Waals surface area (Å²) in [5, 5.41) is 0.849. The van der Waals surface area contributed by atoms with Gasteiger partial charge < -0.3 is 0 Å². The highest BCUT2D eigenvalue weighted by atomic mass is 32.2. The van der Waals surface area contributed by atoms with E-state index < -0.39 is 21.2 Å². The summed E-state index contributed by atoms with van der Waals surface area (Å²) in [6.45, 7) is 3.32. The molecule has 1 aromatic heterocycles. The van der Waals surface area contributed by atoms with E-state index in [0.29, 0.717) is 11.8 Å². The van der Waals surface area contributed by atoms with E-state index in [1.165, 1.54) is 6.20 Å². The molecule has 1 amide bonds. The SMILES string of the molecule is CC[C@H](C)S(=O)(=O)NC(=O)c1nccc2ccccc12. The Morgan fingerprint density at radius 1 is 1.30 bits per heavy atom. The lowest BCUT2D eigenvalue weighted by atomic mass is 10.1. The third-order valence-electron chi connectivity index (χ3n) is 3.23. The number of carbonyl (C=O) groups excluding carboxylic acids is 1. The van der Waals surface area contributed by atoms with Gasteiger partial charge in [-0.25, -0.2) is 13.1 Å². The number of sulfonamides is 1. The van der Waals surface area contributed by atoms with E-state index in [0.717, 1.165) is 5.39 Å². The number of nitrogens with one attached hydrogen (secondary N) is 1. The van der Waals surface area contributed by atoms with Crippen molar-refractivity contribution in [2.75, 3.05) is 0 Å². The molecule has 5 nitrogen and oxygen atoms in total. The molecule has 1 heterocycles. The fourth-order valence-corrected chi connectivity index (χ4v) is 2.79. The molecule has 0 fully saturated rings. The third-order valence-corrected chi connectivity index (χ3v) is 5.09. The van der Waals surface area contributed by atoms with Crippen molar-refractivity contribution in [1.82, 2.24) is 9.71 Å². The van der Waals surface area contributed by atoms with Gasteiger partial charge in [0.05, 0.1) is 5.25 Å². The van der Waals surface area contributed by atoms with E-state index >= 15 is 0 Å². The monoisotopic (exact) mass is 292 g/mol. The standard InChI is InChI=1S/C14H16N2O3S/c1-3-10(2)20(18,19)16-14(17)13-12-7-5-4-6-11(12)8-9-15-13/h4-10H,3H2,1-2H3,(H,16,17)/t10-/m0/s1. The van der Waals surface area contributed by atoms with Crippen molar-refractivity contribution in [2.45, 2.75) is 25.5 Å². The summed E-state index contributed by atoms with van der Waals surface area (Å²) in [4.78, 5) is 16.1. The van der Waals surface area contributed by atoms with E-state index in [2.05, 4.69) is 9.71 Å². The molecule has 0 unspecified atom stereocenters. The van der Waals surface area contributed by atoms with Crippen molar-refractivity contribution in [1.29, 1.82) is 0 Å². The Morgan fingerprint density at radius 2 is 2.00 bits per heavy atom. The van der Waals surface area contributed by atoms with E-state index in [-0.39, 0.29) is 5.69 Å². The van der Waals surface area contributed by atoms with Crippen LogP contribution in [-0.4, -0.2) is 24.6 Å². The summed E-state index contributed by atoms with van der Waals surface area (Å²) < 4.78 is 25.9. The Morgan fingerprint density at radius 3 is 2.70 bits per heavy atom. The highest BCUT2D eigenvalue weighted by Crippen LogP contribution is 2.16. The predicted octanol–water partition coefficient (Wildman–Crippen LogP) is 2.09. The van der Waals surface area contributed by atoms with Gasteiger partial charge in [-0.2, -0.15) is 0 Å². The zero-order chi connectivity index (χ0) is 14.8. The summed E-state index contributed by atoms with van der Waals surface area (Å²) in [5.41, 5.74) is 0.120. The fraction of sp³-hybridized carbons (Fsp3) is 0.286. The van der Waals surface area contributed by atoms with Gasteiger partial charge in [0, 0.05) is 11.6 Å². The predicted molar refractivity (Wildman–Crippen MR) is 77.9 cm³/mol. The van der Waals surface area contributed by atoms with Crippen molar-refractivity contribution in [3.63, 3.8) is 0 Å². The summed E-state index contributed by atoms with van der Waals surface area (Å²) in [6.07, 6.45) is 1.93. The highest BCUT2D eigenvalue weighted by molar-refractivity contribution is 7.90. The van der Waals surface area contributed by atoms with Crippen molar-refractivity contribution in [3.8, 4) is 0 Å². The number of aromatic nitrogens is 1. The molecule has 2 rings (SSSR count). The van der Waals surface area contributed by atoms with Crippen LogP contribution in [0.15, 0.2) is 36.5 Å². The second kappa shape index (κ2) is 5.58. The van der Waals surface area contributed by atoms with E-state index in [1.54, 1.807) is 32.0 Å². The molecule has 0 aliphatic heterocycles. The van der Waals surface area contributed by atoms with Gasteiger partial charge in [-0.1, -0.05) is 31.2 Å². The minimum Gasteiger partial charge on any atom is -0.266 e. The first kappa shape index (κ1) is 14.5. The lowest BCUT2D eigenvalue weighted by molar-refractivity contribution is 0.0978. The third kappa shape index (κ3) is 2.80. The average molecular weight is 292 g/mol. The molecule has 0 bridgehead atoms. The van der Waals surface area contributed by atoms with Crippen molar-refractivity contribution >= 4 is 26.7 Å². The Hall–Kier alpha value is -1.95. The number of hydrogen-bond acceptors (Lipinski definition) is 4. The first-order valence-electron chi connectivity index (χ1n) is 6.35. The fourth-order valence-electron chi connectivity index (χ4n) is 1.80. The molecule has 0 radical (unpaired) electrons. The number of hydrogen-bond donors (Lipinski definition) is 1. The molecule has 6 heteroatoms. The molecule has 2 aromatic rings. The number of rotatable bonds is 4.